The fourth-order valence-corrected chi connectivity index (χ4v) is 4.16. The zero-order valence-electron chi connectivity index (χ0n) is 23.0. The highest BCUT2D eigenvalue weighted by Gasteiger charge is 2.33. The number of carbonyl (C=O) groups excluding carboxylic acids is 1. The highest BCUT2D eigenvalue weighted by atomic mass is 19.4. The first-order valence-electron chi connectivity index (χ1n) is 12.5. The number of nitrogens with one attached hydrogen (secondary N) is 1. The summed E-state index contributed by atoms with van der Waals surface area (Å²) in [7, 11) is 2.99. The molecule has 0 amide bonds. The summed E-state index contributed by atoms with van der Waals surface area (Å²) in [6.07, 6.45) is -0.754. The van der Waals surface area contributed by atoms with Crippen LogP contribution in [0.5, 0.6) is 11.5 Å². The molecule has 4 aromatic rings. The molecule has 0 aliphatic rings. The third-order valence-electron chi connectivity index (χ3n) is 6.18. The van der Waals surface area contributed by atoms with E-state index < -0.39 is 23.3 Å². The van der Waals surface area contributed by atoms with Crippen molar-refractivity contribution in [2.75, 3.05) is 26.1 Å². The number of anilines is 2. The van der Waals surface area contributed by atoms with E-state index in [-0.39, 0.29) is 41.7 Å². The second-order valence-corrected chi connectivity index (χ2v) is 8.85. The van der Waals surface area contributed by atoms with Crippen LogP contribution in [0.25, 0.3) is 16.9 Å². The van der Waals surface area contributed by atoms with E-state index in [0.717, 1.165) is 12.3 Å². The van der Waals surface area contributed by atoms with Crippen molar-refractivity contribution in [1.82, 2.24) is 19.1 Å². The van der Waals surface area contributed by atoms with Gasteiger partial charge in [-0.3, -0.25) is 4.79 Å². The zero-order chi connectivity index (χ0) is 29.9. The largest absolute Gasteiger partial charge is 0.497 e. The molecule has 0 spiro atoms. The predicted molar refractivity (Wildman–Crippen MR) is 145 cm³/mol. The van der Waals surface area contributed by atoms with Crippen molar-refractivity contribution < 1.29 is 32.2 Å². The Balaban J connectivity index is 1.93. The average Bonchev–Trinajstić information content (AvgIpc) is 3.35. The molecular formula is C28H28F3N5O5. The average molecular weight is 572 g/mol. The van der Waals surface area contributed by atoms with E-state index in [1.807, 2.05) is 0 Å². The van der Waals surface area contributed by atoms with Gasteiger partial charge >= 0.3 is 12.1 Å². The van der Waals surface area contributed by atoms with Crippen molar-refractivity contribution in [3.8, 4) is 28.4 Å². The third kappa shape index (κ3) is 6.18. The maximum atomic E-state index is 13.6. The summed E-state index contributed by atoms with van der Waals surface area (Å²) in [5, 5.41) is 3.03. The molecule has 0 bridgehead atoms. The Hall–Kier alpha value is -4.81. The molecule has 0 aliphatic heterocycles. The first-order valence-corrected chi connectivity index (χ1v) is 12.5. The number of alkyl halides is 3. The van der Waals surface area contributed by atoms with Gasteiger partial charge in [0.05, 0.1) is 26.4 Å². The fraction of sp³-hybridized carbons (Fsp3) is 0.286. The molecule has 10 nitrogen and oxygen atoms in total. The van der Waals surface area contributed by atoms with Gasteiger partial charge in [0, 0.05) is 65.8 Å². The standard InChI is InChI=1S/C28H28F3N5O5/c1-6-35-14-17(9-22(25(35)37)26(38)41-7-2)23-13-32-27(33-19-10-20(39-4)12-21(11-19)40-5)34-24(23)36-15-18(8-16(36)3)28(29,30)31/h8-15H,6-7H2,1-5H3,(H,32,33,34). The molecule has 0 radical (unpaired) electrons. The van der Waals surface area contributed by atoms with Crippen LogP contribution < -0.4 is 20.3 Å². The smallest absolute Gasteiger partial charge is 0.417 e. The Labute approximate surface area is 233 Å². The van der Waals surface area contributed by atoms with Crippen molar-refractivity contribution >= 4 is 17.6 Å². The van der Waals surface area contributed by atoms with E-state index >= 15 is 0 Å². The molecule has 4 rings (SSSR count). The molecule has 0 saturated heterocycles. The highest BCUT2D eigenvalue weighted by molar-refractivity contribution is 5.91. The van der Waals surface area contributed by atoms with Crippen LogP contribution in [0.3, 0.4) is 0 Å². The molecule has 0 saturated carbocycles. The van der Waals surface area contributed by atoms with Gasteiger partial charge in [-0.15, -0.1) is 0 Å². The lowest BCUT2D eigenvalue weighted by molar-refractivity contribution is -0.137. The van der Waals surface area contributed by atoms with Gasteiger partial charge in [-0.25, -0.2) is 9.78 Å². The zero-order valence-corrected chi connectivity index (χ0v) is 23.0. The van der Waals surface area contributed by atoms with Crippen LogP contribution in [0.2, 0.25) is 0 Å². The molecular weight excluding hydrogens is 543 g/mol. The minimum Gasteiger partial charge on any atom is -0.497 e. The molecule has 0 aliphatic carbocycles. The second kappa shape index (κ2) is 11.7. The van der Waals surface area contributed by atoms with Crippen molar-refractivity contribution in [3.63, 3.8) is 0 Å². The van der Waals surface area contributed by atoms with E-state index in [2.05, 4.69) is 15.3 Å². The Morgan fingerprint density at radius 1 is 1.02 bits per heavy atom. The summed E-state index contributed by atoms with van der Waals surface area (Å²) in [6.45, 7) is 5.13. The maximum absolute atomic E-state index is 13.6. The number of nitrogens with zero attached hydrogens (tertiary/aromatic N) is 4. The van der Waals surface area contributed by atoms with Crippen LogP contribution in [-0.2, 0) is 17.5 Å². The van der Waals surface area contributed by atoms with E-state index in [4.69, 9.17) is 14.2 Å². The summed E-state index contributed by atoms with van der Waals surface area (Å²) in [6, 6.07) is 7.35. The van der Waals surface area contributed by atoms with E-state index in [0.29, 0.717) is 22.7 Å². The molecule has 1 N–H and O–H groups in total. The molecule has 0 atom stereocenters. The number of aromatic nitrogens is 4. The van der Waals surface area contributed by atoms with Gasteiger partial charge in [0.25, 0.3) is 5.56 Å². The summed E-state index contributed by atoms with van der Waals surface area (Å²) in [5.74, 6) is 0.323. The van der Waals surface area contributed by atoms with E-state index in [1.54, 1.807) is 32.0 Å². The Morgan fingerprint density at radius 2 is 1.71 bits per heavy atom. The lowest BCUT2D eigenvalue weighted by atomic mass is 10.1. The van der Waals surface area contributed by atoms with Crippen LogP contribution in [0.1, 0.15) is 35.5 Å². The minimum absolute atomic E-state index is 0.0567. The predicted octanol–water partition coefficient (Wildman–Crippen LogP) is 5.38. The van der Waals surface area contributed by atoms with Gasteiger partial charge in [-0.05, 0) is 32.9 Å². The van der Waals surface area contributed by atoms with Crippen LogP contribution in [0, 0.1) is 6.92 Å². The second-order valence-electron chi connectivity index (χ2n) is 8.85. The maximum Gasteiger partial charge on any atom is 0.417 e. The Bertz CT molecular complexity index is 1620. The summed E-state index contributed by atoms with van der Waals surface area (Å²) in [5.41, 5.74) is -0.274. The quantitative estimate of drug-likeness (QED) is 0.267. The fourth-order valence-electron chi connectivity index (χ4n) is 4.16. The van der Waals surface area contributed by atoms with Crippen LogP contribution in [0.4, 0.5) is 24.8 Å². The van der Waals surface area contributed by atoms with Gasteiger partial charge < -0.3 is 28.7 Å². The lowest BCUT2D eigenvalue weighted by Gasteiger charge is -2.16. The molecule has 0 fully saturated rings. The number of halogens is 3. The highest BCUT2D eigenvalue weighted by Crippen LogP contribution is 2.34. The molecule has 216 valence electrons. The number of carbonyl (C=O) groups is 1. The van der Waals surface area contributed by atoms with Gasteiger partial charge in [-0.2, -0.15) is 18.2 Å². The molecule has 3 heterocycles. The van der Waals surface area contributed by atoms with Crippen molar-refractivity contribution in [2.45, 2.75) is 33.5 Å². The number of hydrogen-bond acceptors (Lipinski definition) is 8. The van der Waals surface area contributed by atoms with Crippen LogP contribution in [0.15, 0.2) is 53.7 Å². The number of aryl methyl sites for hydroxylation is 2. The summed E-state index contributed by atoms with van der Waals surface area (Å²) < 4.78 is 59.1. The topological polar surface area (TPSA) is 110 Å². The summed E-state index contributed by atoms with van der Waals surface area (Å²) >= 11 is 0. The van der Waals surface area contributed by atoms with Crippen molar-refractivity contribution in [1.29, 1.82) is 0 Å². The van der Waals surface area contributed by atoms with Gasteiger partial charge in [0.15, 0.2) is 0 Å². The number of rotatable bonds is 9. The number of methoxy groups -OCH3 is 2. The number of benzene rings is 1. The van der Waals surface area contributed by atoms with Crippen LogP contribution in [-0.4, -0.2) is 45.9 Å². The number of pyridine rings is 1. The molecule has 0 unspecified atom stereocenters. The van der Waals surface area contributed by atoms with Crippen molar-refractivity contribution in [3.05, 3.63) is 76.1 Å². The van der Waals surface area contributed by atoms with E-state index in [9.17, 15) is 22.8 Å². The number of hydrogen-bond donors (Lipinski definition) is 1. The Morgan fingerprint density at radius 3 is 2.27 bits per heavy atom. The molecule has 41 heavy (non-hydrogen) atoms. The van der Waals surface area contributed by atoms with Gasteiger partial charge in [0.1, 0.15) is 22.9 Å². The molecule has 1 aromatic carbocycles. The molecule has 13 heteroatoms. The van der Waals surface area contributed by atoms with E-state index in [1.165, 1.54) is 48.7 Å². The first kappa shape index (κ1) is 29.2. The molecule has 3 aromatic heterocycles. The summed E-state index contributed by atoms with van der Waals surface area (Å²) in [4.78, 5) is 34.4. The van der Waals surface area contributed by atoms with Gasteiger partial charge in [-0.1, -0.05) is 0 Å². The normalized spacial score (nSPS) is 11.3. The van der Waals surface area contributed by atoms with Crippen LogP contribution >= 0.6 is 0 Å². The number of esters is 1. The van der Waals surface area contributed by atoms with Crippen molar-refractivity contribution in [2.24, 2.45) is 0 Å². The Kier molecular flexibility index (Phi) is 8.36. The first-order chi connectivity index (χ1) is 19.5. The minimum atomic E-state index is -4.59. The SMILES string of the molecule is CCOC(=O)c1cc(-c2cnc(Nc3cc(OC)cc(OC)c3)nc2-n2cc(C(F)(F)F)cc2C)cn(CC)c1=O. The monoisotopic (exact) mass is 571 g/mol. The third-order valence-corrected chi connectivity index (χ3v) is 6.18. The van der Waals surface area contributed by atoms with Gasteiger partial charge in [0.2, 0.25) is 5.95 Å². The lowest BCUT2D eigenvalue weighted by Crippen LogP contribution is -2.27. The number of ether oxygens (including phenoxy) is 3.